The number of hydrogen-bond acceptors (Lipinski definition) is 4. The van der Waals surface area contributed by atoms with Crippen LogP contribution in [0, 0.1) is 0 Å². The van der Waals surface area contributed by atoms with Crippen LogP contribution in [0.15, 0.2) is 48.5 Å². The van der Waals surface area contributed by atoms with E-state index in [1.54, 1.807) is 23.9 Å². The third kappa shape index (κ3) is 5.76. The lowest BCUT2D eigenvalue weighted by Crippen LogP contribution is -2.45. The largest absolute Gasteiger partial charge is 0.484 e. The fourth-order valence-electron chi connectivity index (χ4n) is 3.29. The van der Waals surface area contributed by atoms with E-state index in [0.717, 1.165) is 24.3 Å². The minimum Gasteiger partial charge on any atom is -0.484 e. The van der Waals surface area contributed by atoms with E-state index in [1.165, 1.54) is 17.5 Å². The van der Waals surface area contributed by atoms with E-state index in [2.05, 4.69) is 16.7 Å². The number of para-hydroxylation sites is 1. The molecule has 2 N–H and O–H groups in total. The number of ether oxygens (including phenoxy) is 1. The lowest BCUT2D eigenvalue weighted by Gasteiger charge is -2.19. The molecule has 0 saturated carbocycles. The molecule has 3 rings (SSSR count). The fourth-order valence-corrected chi connectivity index (χ4v) is 3.76. The van der Waals surface area contributed by atoms with Crippen molar-refractivity contribution in [2.45, 2.75) is 31.7 Å². The van der Waals surface area contributed by atoms with Gasteiger partial charge < -0.3 is 15.4 Å². The van der Waals surface area contributed by atoms with E-state index in [1.807, 2.05) is 36.6 Å². The molecule has 0 heterocycles. The van der Waals surface area contributed by atoms with Crippen molar-refractivity contribution >= 4 is 29.3 Å². The summed E-state index contributed by atoms with van der Waals surface area (Å²) < 4.78 is 5.47. The maximum atomic E-state index is 12.8. The Kier molecular flexibility index (Phi) is 7.37. The molecular weight excluding hydrogens is 372 g/mol. The zero-order chi connectivity index (χ0) is 19.8. The zero-order valence-electron chi connectivity index (χ0n) is 16.1. The van der Waals surface area contributed by atoms with Crippen LogP contribution < -0.4 is 15.4 Å². The summed E-state index contributed by atoms with van der Waals surface area (Å²) in [4.78, 5) is 25.0. The van der Waals surface area contributed by atoms with Crippen LogP contribution in [0.25, 0.3) is 0 Å². The van der Waals surface area contributed by atoms with Gasteiger partial charge in [-0.25, -0.2) is 0 Å². The lowest BCUT2D eigenvalue weighted by atomic mass is 10.1. The molecule has 0 radical (unpaired) electrons. The number of carbonyl (C=O) groups is 2. The van der Waals surface area contributed by atoms with Gasteiger partial charge in [-0.1, -0.05) is 24.3 Å². The number of benzene rings is 2. The number of anilines is 1. The van der Waals surface area contributed by atoms with Crippen LogP contribution in [0.2, 0.25) is 0 Å². The molecule has 1 aliphatic carbocycles. The standard InChI is InChI=1S/C22H26N2O3S/c1-28-13-12-20(24-21(25)15-27-19-8-3-2-4-9-19)22(26)23-18-11-10-16-6-5-7-17(16)14-18/h2-4,8-11,14,20H,5-7,12-13,15H2,1H3,(H,23,26)(H,24,25)/t20-/m0/s1. The first-order valence-corrected chi connectivity index (χ1v) is 10.9. The smallest absolute Gasteiger partial charge is 0.258 e. The Balaban J connectivity index is 1.57. The summed E-state index contributed by atoms with van der Waals surface area (Å²) in [6.07, 6.45) is 5.88. The van der Waals surface area contributed by atoms with Crippen molar-refractivity contribution in [3.8, 4) is 5.75 Å². The monoisotopic (exact) mass is 398 g/mol. The molecule has 2 aromatic rings. The number of carbonyl (C=O) groups excluding carboxylic acids is 2. The number of nitrogens with one attached hydrogen (secondary N) is 2. The summed E-state index contributed by atoms with van der Waals surface area (Å²) in [5.41, 5.74) is 3.46. The average molecular weight is 399 g/mol. The van der Waals surface area contributed by atoms with Crippen LogP contribution in [0.4, 0.5) is 5.69 Å². The molecular formula is C22H26N2O3S. The van der Waals surface area contributed by atoms with Crippen LogP contribution >= 0.6 is 11.8 Å². The van der Waals surface area contributed by atoms with Gasteiger partial charge in [0.25, 0.3) is 5.91 Å². The van der Waals surface area contributed by atoms with Gasteiger partial charge in [0.2, 0.25) is 5.91 Å². The molecule has 0 unspecified atom stereocenters. The van der Waals surface area contributed by atoms with Crippen LogP contribution in [-0.4, -0.2) is 36.5 Å². The van der Waals surface area contributed by atoms with Gasteiger partial charge in [-0.15, -0.1) is 0 Å². The highest BCUT2D eigenvalue weighted by Gasteiger charge is 2.21. The van der Waals surface area contributed by atoms with Crippen molar-refractivity contribution in [2.24, 2.45) is 0 Å². The molecule has 2 aromatic carbocycles. The number of thioether (sulfide) groups is 1. The molecule has 0 aromatic heterocycles. The number of rotatable bonds is 9. The molecule has 28 heavy (non-hydrogen) atoms. The highest BCUT2D eigenvalue weighted by molar-refractivity contribution is 7.98. The van der Waals surface area contributed by atoms with E-state index in [0.29, 0.717) is 12.2 Å². The van der Waals surface area contributed by atoms with E-state index >= 15 is 0 Å². The molecule has 0 bridgehead atoms. The maximum Gasteiger partial charge on any atom is 0.258 e. The lowest BCUT2D eigenvalue weighted by molar-refractivity contribution is -0.127. The van der Waals surface area contributed by atoms with Gasteiger partial charge in [-0.05, 0) is 73.1 Å². The normalized spacial score (nSPS) is 13.5. The van der Waals surface area contributed by atoms with Crippen molar-refractivity contribution in [2.75, 3.05) is 23.9 Å². The summed E-state index contributed by atoms with van der Waals surface area (Å²) >= 11 is 1.64. The van der Waals surface area contributed by atoms with Crippen LogP contribution in [0.5, 0.6) is 5.75 Å². The minimum absolute atomic E-state index is 0.119. The van der Waals surface area contributed by atoms with E-state index in [-0.39, 0.29) is 18.4 Å². The molecule has 0 aliphatic heterocycles. The molecule has 0 spiro atoms. The first-order chi connectivity index (χ1) is 13.7. The molecule has 1 aliphatic rings. The Bertz CT molecular complexity index is 811. The Morgan fingerprint density at radius 2 is 1.89 bits per heavy atom. The van der Waals surface area contributed by atoms with Crippen molar-refractivity contribution in [3.63, 3.8) is 0 Å². The maximum absolute atomic E-state index is 12.8. The van der Waals surface area contributed by atoms with Gasteiger partial charge in [0.05, 0.1) is 0 Å². The predicted octanol–water partition coefficient (Wildman–Crippen LogP) is 3.43. The van der Waals surface area contributed by atoms with Gasteiger partial charge in [0.15, 0.2) is 6.61 Å². The SMILES string of the molecule is CSCC[C@H](NC(=O)COc1ccccc1)C(=O)Nc1ccc2c(c1)CCC2. The topological polar surface area (TPSA) is 67.4 Å². The Morgan fingerprint density at radius 3 is 2.68 bits per heavy atom. The van der Waals surface area contributed by atoms with Crippen molar-refractivity contribution in [1.29, 1.82) is 0 Å². The highest BCUT2D eigenvalue weighted by Crippen LogP contribution is 2.25. The second kappa shape index (κ2) is 10.2. The van der Waals surface area contributed by atoms with E-state index in [9.17, 15) is 9.59 Å². The molecule has 6 heteroatoms. The second-order valence-corrected chi connectivity index (χ2v) is 7.82. The first-order valence-electron chi connectivity index (χ1n) is 9.54. The Hall–Kier alpha value is -2.47. The van der Waals surface area contributed by atoms with E-state index < -0.39 is 6.04 Å². The number of hydrogen-bond donors (Lipinski definition) is 2. The molecule has 2 amide bonds. The van der Waals surface area contributed by atoms with Gasteiger partial charge >= 0.3 is 0 Å². The van der Waals surface area contributed by atoms with Gasteiger partial charge in [-0.2, -0.15) is 11.8 Å². The second-order valence-electron chi connectivity index (χ2n) is 6.83. The number of fused-ring (bicyclic) bond motifs is 1. The molecule has 148 valence electrons. The average Bonchev–Trinajstić information content (AvgIpc) is 3.18. The van der Waals surface area contributed by atoms with Gasteiger partial charge in [-0.3, -0.25) is 9.59 Å². The third-order valence-corrected chi connectivity index (χ3v) is 5.39. The van der Waals surface area contributed by atoms with Crippen LogP contribution in [-0.2, 0) is 22.4 Å². The first kappa shape index (κ1) is 20.3. The minimum atomic E-state index is -0.590. The molecule has 0 saturated heterocycles. The number of amides is 2. The molecule has 1 atom stereocenters. The summed E-state index contributed by atoms with van der Waals surface area (Å²) in [5.74, 6) is 0.905. The quantitative estimate of drug-likeness (QED) is 0.679. The number of aryl methyl sites for hydroxylation is 2. The van der Waals surface area contributed by atoms with Crippen LogP contribution in [0.3, 0.4) is 0 Å². The van der Waals surface area contributed by atoms with Gasteiger partial charge in [0, 0.05) is 5.69 Å². The van der Waals surface area contributed by atoms with Gasteiger partial charge in [0.1, 0.15) is 11.8 Å². The summed E-state index contributed by atoms with van der Waals surface area (Å²) in [6, 6.07) is 14.6. The summed E-state index contributed by atoms with van der Waals surface area (Å²) in [5, 5.41) is 5.76. The van der Waals surface area contributed by atoms with Crippen LogP contribution in [0.1, 0.15) is 24.0 Å². The summed E-state index contributed by atoms with van der Waals surface area (Å²) in [6.45, 7) is -0.119. The highest BCUT2D eigenvalue weighted by atomic mass is 32.2. The third-order valence-electron chi connectivity index (χ3n) is 4.74. The Morgan fingerprint density at radius 1 is 1.11 bits per heavy atom. The van der Waals surface area contributed by atoms with Crippen molar-refractivity contribution in [1.82, 2.24) is 5.32 Å². The molecule has 5 nitrogen and oxygen atoms in total. The Labute approximate surface area is 170 Å². The molecule has 0 fully saturated rings. The van der Waals surface area contributed by atoms with E-state index in [4.69, 9.17) is 4.74 Å². The van der Waals surface area contributed by atoms with Crippen molar-refractivity contribution in [3.05, 3.63) is 59.7 Å². The summed E-state index contributed by atoms with van der Waals surface area (Å²) in [7, 11) is 0. The predicted molar refractivity (Wildman–Crippen MR) is 114 cm³/mol. The van der Waals surface area contributed by atoms with Crippen molar-refractivity contribution < 1.29 is 14.3 Å². The zero-order valence-corrected chi connectivity index (χ0v) is 16.9. The fraction of sp³-hybridized carbons (Fsp3) is 0.364.